The van der Waals surface area contributed by atoms with Crippen LogP contribution in [0.3, 0.4) is 0 Å². The van der Waals surface area contributed by atoms with Crippen LogP contribution in [0.25, 0.3) is 88.3 Å². The van der Waals surface area contributed by atoms with Gasteiger partial charge in [-0.15, -0.1) is 0 Å². The lowest BCUT2D eigenvalue weighted by Gasteiger charge is -2.33. The highest BCUT2D eigenvalue weighted by Crippen LogP contribution is 2.42. The second-order valence-corrected chi connectivity index (χ2v) is 16.4. The Morgan fingerprint density at radius 2 is 0.906 bits per heavy atom. The van der Waals surface area contributed by atoms with Crippen molar-refractivity contribution in [1.29, 1.82) is 0 Å². The van der Waals surface area contributed by atoms with Crippen LogP contribution in [-0.4, -0.2) is 24.9 Å². The number of aromatic amines is 5. The molecular formula is C48H51N5. The van der Waals surface area contributed by atoms with Crippen LogP contribution in [0.2, 0.25) is 0 Å². The van der Waals surface area contributed by atoms with Crippen molar-refractivity contribution in [2.45, 2.75) is 85.0 Å². The average Bonchev–Trinajstić information content (AvgIpc) is 4.01. The van der Waals surface area contributed by atoms with Gasteiger partial charge in [-0.3, -0.25) is 0 Å². The van der Waals surface area contributed by atoms with Crippen LogP contribution in [-0.2, 0) is 10.8 Å². The first-order valence-electron chi connectivity index (χ1n) is 19.6. The van der Waals surface area contributed by atoms with Crippen LogP contribution in [0.4, 0.5) is 0 Å². The summed E-state index contributed by atoms with van der Waals surface area (Å²) in [6.07, 6.45) is 4.60. The van der Waals surface area contributed by atoms with Crippen molar-refractivity contribution in [2.75, 3.05) is 0 Å². The Morgan fingerprint density at radius 1 is 0.453 bits per heavy atom. The molecule has 2 unspecified atom stereocenters. The van der Waals surface area contributed by atoms with Gasteiger partial charge in [0.1, 0.15) is 0 Å². The van der Waals surface area contributed by atoms with Crippen molar-refractivity contribution in [2.24, 2.45) is 5.92 Å². The van der Waals surface area contributed by atoms with Crippen LogP contribution >= 0.6 is 0 Å². The predicted octanol–water partition coefficient (Wildman–Crippen LogP) is 13.9. The SMILES string of the molecule is CCCC(C)(C)c1ccc(-c2ccc(-c3ccc(-c4cc5c(ccc6c5ccc5c7ccc8[nH]c(C(C)(CC)C(C)CC)cc8c7ccc65)[nH]4)[nH]3)[nH]2)[nH]1. The van der Waals surface area contributed by atoms with Gasteiger partial charge in [-0.25, -0.2) is 0 Å². The molecule has 0 radical (unpaired) electrons. The molecule has 5 aromatic heterocycles. The molecule has 0 amide bonds. The first kappa shape index (κ1) is 33.4. The summed E-state index contributed by atoms with van der Waals surface area (Å²) in [6.45, 7) is 16.3. The van der Waals surface area contributed by atoms with Gasteiger partial charge in [-0.05, 0) is 112 Å². The Hall–Kier alpha value is -5.42. The molecular weight excluding hydrogens is 647 g/mol. The Balaban J connectivity index is 1.05. The number of H-pyrrole nitrogens is 5. The van der Waals surface area contributed by atoms with Crippen LogP contribution in [0, 0.1) is 5.92 Å². The smallest absolute Gasteiger partial charge is 0.0630 e. The van der Waals surface area contributed by atoms with Crippen molar-refractivity contribution in [3.63, 3.8) is 0 Å². The van der Waals surface area contributed by atoms with Gasteiger partial charge in [0.05, 0.1) is 34.2 Å². The minimum Gasteiger partial charge on any atom is -0.358 e. The van der Waals surface area contributed by atoms with E-state index in [1.165, 1.54) is 72.8 Å². The van der Waals surface area contributed by atoms with E-state index in [1.54, 1.807) is 0 Å². The minimum absolute atomic E-state index is 0.125. The van der Waals surface area contributed by atoms with E-state index in [0.29, 0.717) is 5.92 Å². The standard InChI is InChI=1S/C48H51N5/c1-8-25-47(5,6)45-24-23-42(53-45)41-20-19-39(50-41)40-21-22-43(51-40)44-26-35-33-13-11-30-29(31(33)15-17-37(35)49-44)12-14-34-32(30)16-18-38-36(34)27-46(52-38)48(7,10-3)28(4)9-2/h11-24,26-28,49-53H,8-10,25H2,1-7H3. The third-order valence-corrected chi connectivity index (χ3v) is 13.0. The fourth-order valence-electron chi connectivity index (χ4n) is 9.10. The zero-order valence-corrected chi connectivity index (χ0v) is 32.1. The van der Waals surface area contributed by atoms with Gasteiger partial charge in [0.2, 0.25) is 0 Å². The van der Waals surface area contributed by atoms with Crippen LogP contribution < -0.4 is 0 Å². The zero-order valence-electron chi connectivity index (χ0n) is 32.1. The van der Waals surface area contributed by atoms with Crippen molar-refractivity contribution in [3.05, 3.63) is 108 Å². The topological polar surface area (TPSA) is 78.9 Å². The fraction of sp³-hybridized carbons (Fsp3) is 0.292. The maximum atomic E-state index is 3.83. The summed E-state index contributed by atoms with van der Waals surface area (Å²) in [4.78, 5) is 18.5. The molecule has 53 heavy (non-hydrogen) atoms. The monoisotopic (exact) mass is 697 g/mol. The summed E-state index contributed by atoms with van der Waals surface area (Å²) in [6, 6.07) is 36.2. The van der Waals surface area contributed by atoms with Crippen molar-refractivity contribution in [1.82, 2.24) is 24.9 Å². The zero-order chi connectivity index (χ0) is 36.6. The molecule has 0 aliphatic heterocycles. The van der Waals surface area contributed by atoms with Crippen LogP contribution in [0.15, 0.2) is 97.1 Å². The maximum Gasteiger partial charge on any atom is 0.0630 e. The van der Waals surface area contributed by atoms with E-state index in [-0.39, 0.29) is 10.8 Å². The van der Waals surface area contributed by atoms with Gasteiger partial charge in [-0.2, -0.15) is 0 Å². The summed E-state index contributed by atoms with van der Waals surface area (Å²) in [5.74, 6) is 0.600. The highest BCUT2D eigenvalue weighted by atomic mass is 14.9. The summed E-state index contributed by atoms with van der Waals surface area (Å²) in [5, 5.41) is 10.3. The molecule has 2 atom stereocenters. The van der Waals surface area contributed by atoms with E-state index in [9.17, 15) is 0 Å². The van der Waals surface area contributed by atoms with Gasteiger partial charge in [-0.1, -0.05) is 97.7 Å². The quantitative estimate of drug-likeness (QED) is 0.0882. The molecule has 0 fully saturated rings. The van der Waals surface area contributed by atoms with E-state index in [2.05, 4.69) is 170 Å². The molecule has 0 aliphatic rings. The number of hydrogen-bond donors (Lipinski definition) is 5. The molecule has 9 rings (SSSR count). The first-order chi connectivity index (χ1) is 25.6. The third-order valence-electron chi connectivity index (χ3n) is 13.0. The van der Waals surface area contributed by atoms with E-state index >= 15 is 0 Å². The highest BCUT2D eigenvalue weighted by Gasteiger charge is 2.32. The Bertz CT molecular complexity index is 2790. The second-order valence-electron chi connectivity index (χ2n) is 16.4. The number of nitrogens with one attached hydrogen (secondary N) is 5. The summed E-state index contributed by atoms with van der Waals surface area (Å²) in [7, 11) is 0. The lowest BCUT2D eigenvalue weighted by atomic mass is 9.72. The minimum atomic E-state index is 0.125. The van der Waals surface area contributed by atoms with Gasteiger partial charge >= 0.3 is 0 Å². The van der Waals surface area contributed by atoms with E-state index in [4.69, 9.17) is 0 Å². The summed E-state index contributed by atoms with van der Waals surface area (Å²) < 4.78 is 0. The molecule has 0 saturated heterocycles. The molecule has 268 valence electrons. The molecule has 5 heteroatoms. The summed E-state index contributed by atoms with van der Waals surface area (Å²) >= 11 is 0. The number of aromatic nitrogens is 5. The van der Waals surface area contributed by atoms with E-state index in [1.807, 2.05) is 0 Å². The molecule has 9 aromatic rings. The van der Waals surface area contributed by atoms with Gasteiger partial charge in [0.15, 0.2) is 0 Å². The summed E-state index contributed by atoms with van der Waals surface area (Å²) in [5.41, 5.74) is 11.7. The molecule has 5 nitrogen and oxygen atoms in total. The fourth-order valence-corrected chi connectivity index (χ4v) is 9.10. The average molecular weight is 698 g/mol. The molecule has 0 spiro atoms. The second kappa shape index (κ2) is 12.3. The molecule has 5 N–H and O–H groups in total. The number of fused-ring (bicyclic) bond motifs is 9. The van der Waals surface area contributed by atoms with Crippen molar-refractivity contribution in [3.8, 4) is 34.2 Å². The van der Waals surface area contributed by atoms with E-state index < -0.39 is 0 Å². The normalized spacial score (nSPS) is 14.3. The van der Waals surface area contributed by atoms with Crippen LogP contribution in [0.5, 0.6) is 0 Å². The predicted molar refractivity (Wildman–Crippen MR) is 227 cm³/mol. The molecule has 0 saturated carbocycles. The lowest BCUT2D eigenvalue weighted by molar-refractivity contribution is 0.289. The number of hydrogen-bond acceptors (Lipinski definition) is 0. The number of benzene rings is 4. The maximum absolute atomic E-state index is 3.83. The Labute approximate surface area is 311 Å². The van der Waals surface area contributed by atoms with Gasteiger partial charge in [0, 0.05) is 44.0 Å². The Kier molecular flexibility index (Phi) is 7.78. The molecule has 4 aromatic carbocycles. The molecule has 0 bridgehead atoms. The van der Waals surface area contributed by atoms with Crippen molar-refractivity contribution < 1.29 is 0 Å². The van der Waals surface area contributed by atoms with Crippen LogP contribution in [0.1, 0.15) is 85.5 Å². The highest BCUT2D eigenvalue weighted by molar-refractivity contribution is 6.25. The number of rotatable bonds is 10. The lowest BCUT2D eigenvalue weighted by Crippen LogP contribution is -2.29. The first-order valence-corrected chi connectivity index (χ1v) is 19.6. The third kappa shape index (κ3) is 5.27. The van der Waals surface area contributed by atoms with Crippen molar-refractivity contribution >= 4 is 54.1 Å². The van der Waals surface area contributed by atoms with Gasteiger partial charge < -0.3 is 24.9 Å². The van der Waals surface area contributed by atoms with E-state index in [0.717, 1.165) is 52.5 Å². The largest absolute Gasteiger partial charge is 0.358 e. The van der Waals surface area contributed by atoms with Gasteiger partial charge in [0.25, 0.3) is 0 Å². The molecule has 5 heterocycles. The Morgan fingerprint density at radius 3 is 1.43 bits per heavy atom. The molecule has 0 aliphatic carbocycles.